The number of imidazole rings is 1. The topological polar surface area (TPSA) is 67.7 Å². The molecule has 0 saturated heterocycles. The summed E-state index contributed by atoms with van der Waals surface area (Å²) in [5, 5.41) is 6.01. The van der Waals surface area contributed by atoms with Crippen LogP contribution in [0.5, 0.6) is 0 Å². The molecular formula is C13H19FN6. The van der Waals surface area contributed by atoms with Gasteiger partial charge in [-0.05, 0) is 6.42 Å². The lowest BCUT2D eigenvalue weighted by molar-refractivity contribution is 0.616. The first-order valence-corrected chi connectivity index (χ1v) is 6.67. The molecule has 0 amide bonds. The number of rotatable bonds is 7. The molecule has 2 rings (SSSR count). The third kappa shape index (κ3) is 3.66. The number of nitrogens with one attached hydrogen (secondary N) is 2. The maximum atomic E-state index is 13.6. The van der Waals surface area contributed by atoms with Crippen LogP contribution in [0.2, 0.25) is 0 Å². The van der Waals surface area contributed by atoms with Gasteiger partial charge in [-0.2, -0.15) is 4.98 Å². The Labute approximate surface area is 117 Å². The van der Waals surface area contributed by atoms with Crippen LogP contribution < -0.4 is 10.6 Å². The summed E-state index contributed by atoms with van der Waals surface area (Å²) < 4.78 is 15.5. The highest BCUT2D eigenvalue weighted by atomic mass is 19.1. The van der Waals surface area contributed by atoms with E-state index in [-0.39, 0.29) is 5.82 Å². The summed E-state index contributed by atoms with van der Waals surface area (Å²) in [7, 11) is 1.93. The fourth-order valence-electron chi connectivity index (χ4n) is 1.74. The molecule has 20 heavy (non-hydrogen) atoms. The van der Waals surface area contributed by atoms with Gasteiger partial charge in [-0.1, -0.05) is 6.92 Å². The van der Waals surface area contributed by atoms with Gasteiger partial charge in [0.1, 0.15) is 5.82 Å². The van der Waals surface area contributed by atoms with Gasteiger partial charge in [0.05, 0.1) is 6.20 Å². The summed E-state index contributed by atoms with van der Waals surface area (Å²) in [6, 6.07) is 0. The normalized spacial score (nSPS) is 10.6. The van der Waals surface area contributed by atoms with Crippen molar-refractivity contribution >= 4 is 11.8 Å². The second-order valence-corrected chi connectivity index (χ2v) is 4.45. The van der Waals surface area contributed by atoms with Gasteiger partial charge < -0.3 is 15.2 Å². The molecule has 0 radical (unpaired) electrons. The van der Waals surface area contributed by atoms with E-state index in [1.54, 1.807) is 6.20 Å². The van der Waals surface area contributed by atoms with Crippen molar-refractivity contribution in [2.24, 2.45) is 7.05 Å². The molecule has 0 aliphatic heterocycles. The van der Waals surface area contributed by atoms with Crippen LogP contribution in [-0.2, 0) is 13.5 Å². The van der Waals surface area contributed by atoms with Crippen LogP contribution in [0.25, 0.3) is 0 Å². The molecule has 6 nitrogen and oxygen atoms in total. The van der Waals surface area contributed by atoms with Gasteiger partial charge in [0, 0.05) is 39.0 Å². The summed E-state index contributed by atoms with van der Waals surface area (Å²) in [4.78, 5) is 12.2. The Morgan fingerprint density at radius 3 is 2.80 bits per heavy atom. The maximum Gasteiger partial charge on any atom is 0.224 e. The summed E-state index contributed by atoms with van der Waals surface area (Å²) in [5.74, 6) is 1.14. The van der Waals surface area contributed by atoms with Crippen molar-refractivity contribution in [2.45, 2.75) is 19.8 Å². The zero-order chi connectivity index (χ0) is 14.4. The molecule has 0 atom stereocenters. The Balaban J connectivity index is 1.92. The average Bonchev–Trinajstić information content (AvgIpc) is 2.85. The SMILES string of the molecule is CCCNc1ncc(F)c(NCCc2nccn2C)n1. The van der Waals surface area contributed by atoms with Crippen LogP contribution in [0, 0.1) is 5.82 Å². The van der Waals surface area contributed by atoms with Crippen molar-refractivity contribution in [3.05, 3.63) is 30.2 Å². The van der Waals surface area contributed by atoms with Crippen molar-refractivity contribution in [2.75, 3.05) is 23.7 Å². The lowest BCUT2D eigenvalue weighted by Gasteiger charge is -2.09. The fraction of sp³-hybridized carbons (Fsp3) is 0.462. The van der Waals surface area contributed by atoms with Crippen LogP contribution in [-0.4, -0.2) is 32.6 Å². The molecule has 0 saturated carbocycles. The molecule has 0 fully saturated rings. The quantitative estimate of drug-likeness (QED) is 0.808. The van der Waals surface area contributed by atoms with Gasteiger partial charge in [-0.3, -0.25) is 0 Å². The molecular weight excluding hydrogens is 259 g/mol. The van der Waals surface area contributed by atoms with E-state index < -0.39 is 5.82 Å². The second-order valence-electron chi connectivity index (χ2n) is 4.45. The maximum absolute atomic E-state index is 13.6. The van der Waals surface area contributed by atoms with E-state index in [2.05, 4.69) is 25.6 Å². The monoisotopic (exact) mass is 278 g/mol. The first-order valence-electron chi connectivity index (χ1n) is 6.67. The second kappa shape index (κ2) is 6.83. The minimum absolute atomic E-state index is 0.216. The van der Waals surface area contributed by atoms with Gasteiger partial charge in [-0.15, -0.1) is 0 Å². The van der Waals surface area contributed by atoms with E-state index in [4.69, 9.17) is 0 Å². The van der Waals surface area contributed by atoms with Crippen molar-refractivity contribution < 1.29 is 4.39 Å². The Bertz CT molecular complexity index is 554. The van der Waals surface area contributed by atoms with E-state index in [1.165, 1.54) is 6.20 Å². The molecule has 0 aliphatic rings. The largest absolute Gasteiger partial charge is 0.367 e. The molecule has 0 aromatic carbocycles. The Morgan fingerprint density at radius 2 is 2.10 bits per heavy atom. The predicted octanol–water partition coefficient (Wildman–Crippen LogP) is 1.83. The Hall–Kier alpha value is -2.18. The highest BCUT2D eigenvalue weighted by Crippen LogP contribution is 2.11. The molecule has 2 heterocycles. The third-order valence-corrected chi connectivity index (χ3v) is 2.84. The smallest absolute Gasteiger partial charge is 0.224 e. The van der Waals surface area contributed by atoms with Gasteiger partial charge in [0.15, 0.2) is 11.6 Å². The van der Waals surface area contributed by atoms with E-state index in [9.17, 15) is 4.39 Å². The number of hydrogen-bond donors (Lipinski definition) is 2. The number of nitrogens with zero attached hydrogens (tertiary/aromatic N) is 4. The molecule has 2 aromatic heterocycles. The lowest BCUT2D eigenvalue weighted by Crippen LogP contribution is -2.12. The average molecular weight is 278 g/mol. The zero-order valence-corrected chi connectivity index (χ0v) is 11.7. The number of hydrogen-bond acceptors (Lipinski definition) is 5. The van der Waals surface area contributed by atoms with Crippen molar-refractivity contribution in [1.82, 2.24) is 19.5 Å². The highest BCUT2D eigenvalue weighted by molar-refractivity contribution is 5.41. The first kappa shape index (κ1) is 14.2. The van der Waals surface area contributed by atoms with Crippen LogP contribution in [0.4, 0.5) is 16.2 Å². The standard InChI is InChI=1S/C13H19FN6/c1-3-5-17-13-18-9-10(14)12(19-13)16-6-4-11-15-7-8-20(11)2/h7-9H,3-6H2,1-2H3,(H2,16,17,18,19). The van der Waals surface area contributed by atoms with E-state index >= 15 is 0 Å². The fourth-order valence-corrected chi connectivity index (χ4v) is 1.74. The number of aryl methyl sites for hydroxylation is 1. The molecule has 108 valence electrons. The third-order valence-electron chi connectivity index (χ3n) is 2.84. The number of anilines is 2. The van der Waals surface area contributed by atoms with Gasteiger partial charge >= 0.3 is 0 Å². The first-order chi connectivity index (χ1) is 9.70. The van der Waals surface area contributed by atoms with E-state index in [1.807, 2.05) is 24.7 Å². The molecule has 0 bridgehead atoms. The van der Waals surface area contributed by atoms with Crippen molar-refractivity contribution in [3.8, 4) is 0 Å². The van der Waals surface area contributed by atoms with Crippen LogP contribution in [0.3, 0.4) is 0 Å². The minimum atomic E-state index is -0.452. The van der Waals surface area contributed by atoms with Gasteiger partial charge in [-0.25, -0.2) is 14.4 Å². The molecule has 7 heteroatoms. The molecule has 0 spiro atoms. The minimum Gasteiger partial charge on any atom is -0.367 e. The zero-order valence-electron chi connectivity index (χ0n) is 11.7. The molecule has 0 aliphatic carbocycles. The molecule has 2 N–H and O–H groups in total. The summed E-state index contributed by atoms with van der Waals surface area (Å²) >= 11 is 0. The number of halogens is 1. The molecule has 2 aromatic rings. The number of aromatic nitrogens is 4. The van der Waals surface area contributed by atoms with Crippen molar-refractivity contribution in [3.63, 3.8) is 0 Å². The Morgan fingerprint density at radius 1 is 1.25 bits per heavy atom. The highest BCUT2D eigenvalue weighted by Gasteiger charge is 2.07. The lowest BCUT2D eigenvalue weighted by atomic mass is 10.4. The summed E-state index contributed by atoms with van der Waals surface area (Å²) in [6.07, 6.45) is 6.46. The van der Waals surface area contributed by atoms with Crippen LogP contribution in [0.15, 0.2) is 18.6 Å². The predicted molar refractivity (Wildman–Crippen MR) is 76.2 cm³/mol. The Kier molecular flexibility index (Phi) is 4.86. The van der Waals surface area contributed by atoms with Gasteiger partial charge in [0.25, 0.3) is 0 Å². The molecule has 0 unspecified atom stereocenters. The summed E-state index contributed by atoms with van der Waals surface area (Å²) in [5.41, 5.74) is 0. The van der Waals surface area contributed by atoms with Crippen LogP contribution in [0.1, 0.15) is 19.2 Å². The van der Waals surface area contributed by atoms with E-state index in [0.717, 1.165) is 18.8 Å². The van der Waals surface area contributed by atoms with Crippen molar-refractivity contribution in [1.29, 1.82) is 0 Å². The van der Waals surface area contributed by atoms with E-state index in [0.29, 0.717) is 18.9 Å². The van der Waals surface area contributed by atoms with Gasteiger partial charge in [0.2, 0.25) is 5.95 Å². The summed E-state index contributed by atoms with van der Waals surface area (Å²) in [6.45, 7) is 3.37. The van der Waals surface area contributed by atoms with Crippen LogP contribution >= 0.6 is 0 Å².